The van der Waals surface area contributed by atoms with Crippen molar-refractivity contribution in [1.82, 2.24) is 20.2 Å². The van der Waals surface area contributed by atoms with Crippen molar-refractivity contribution in [3.05, 3.63) is 0 Å². The highest BCUT2D eigenvalue weighted by Gasteiger charge is 2.25. The molecule has 0 amide bonds. The molecule has 0 spiro atoms. The van der Waals surface area contributed by atoms with Crippen molar-refractivity contribution in [3.8, 4) is 0 Å². The third-order valence-electron chi connectivity index (χ3n) is 3.69. The number of hydrazine groups is 1. The normalized spacial score (nSPS) is 32.0. The Morgan fingerprint density at radius 1 is 1.00 bits per heavy atom. The molecule has 15 heavy (non-hydrogen) atoms. The Balaban J connectivity index is 1.82. The third kappa shape index (κ3) is 2.91. The van der Waals surface area contributed by atoms with Crippen LogP contribution < -0.4 is 5.32 Å². The van der Waals surface area contributed by atoms with E-state index in [1.165, 1.54) is 52.1 Å². The monoisotopic (exact) mass is 212 g/mol. The summed E-state index contributed by atoms with van der Waals surface area (Å²) in [5.74, 6) is 0. The van der Waals surface area contributed by atoms with E-state index in [2.05, 4.69) is 34.3 Å². The number of likely N-dealkylation sites (N-methyl/N-ethyl adjacent to an activating group) is 2. The molecule has 1 N–H and O–H groups in total. The number of nitrogens with zero attached hydrogens (tertiary/aromatic N) is 3. The minimum absolute atomic E-state index is 0.693. The molecule has 0 aromatic rings. The van der Waals surface area contributed by atoms with Crippen molar-refractivity contribution in [1.29, 1.82) is 0 Å². The first-order chi connectivity index (χ1) is 7.29. The van der Waals surface area contributed by atoms with E-state index in [-0.39, 0.29) is 0 Å². The molecule has 0 aliphatic carbocycles. The first kappa shape index (κ1) is 11.3. The molecule has 1 unspecified atom stereocenters. The van der Waals surface area contributed by atoms with Crippen LogP contribution in [0, 0.1) is 0 Å². The number of hydrogen-bond acceptors (Lipinski definition) is 4. The summed E-state index contributed by atoms with van der Waals surface area (Å²) >= 11 is 0. The number of piperidine rings is 1. The van der Waals surface area contributed by atoms with Crippen molar-refractivity contribution >= 4 is 0 Å². The van der Waals surface area contributed by atoms with Crippen molar-refractivity contribution in [2.75, 3.05) is 53.4 Å². The quantitative estimate of drug-likeness (QED) is 0.686. The lowest BCUT2D eigenvalue weighted by atomic mass is 10.1. The van der Waals surface area contributed by atoms with Gasteiger partial charge in [-0.2, -0.15) is 0 Å². The third-order valence-corrected chi connectivity index (χ3v) is 3.69. The molecule has 1 atom stereocenters. The van der Waals surface area contributed by atoms with Gasteiger partial charge in [-0.15, -0.1) is 0 Å². The molecule has 0 radical (unpaired) electrons. The predicted molar refractivity (Wildman–Crippen MR) is 62.7 cm³/mol. The average molecular weight is 212 g/mol. The van der Waals surface area contributed by atoms with Gasteiger partial charge < -0.3 is 10.2 Å². The number of piperazine rings is 1. The summed E-state index contributed by atoms with van der Waals surface area (Å²) in [7, 11) is 4.29. The van der Waals surface area contributed by atoms with Gasteiger partial charge in [0.25, 0.3) is 0 Å². The molecule has 2 rings (SSSR count). The van der Waals surface area contributed by atoms with Crippen LogP contribution in [0.3, 0.4) is 0 Å². The number of rotatable bonds is 2. The molecule has 0 aromatic heterocycles. The fourth-order valence-corrected chi connectivity index (χ4v) is 2.53. The van der Waals surface area contributed by atoms with Gasteiger partial charge in [0.2, 0.25) is 0 Å². The lowest BCUT2D eigenvalue weighted by molar-refractivity contribution is -0.0709. The fraction of sp³-hybridized carbons (Fsp3) is 1.00. The summed E-state index contributed by atoms with van der Waals surface area (Å²) in [6.45, 7) is 7.27. The molecule has 0 saturated carbocycles. The van der Waals surface area contributed by atoms with E-state index < -0.39 is 0 Å². The van der Waals surface area contributed by atoms with Gasteiger partial charge >= 0.3 is 0 Å². The van der Waals surface area contributed by atoms with Gasteiger partial charge in [-0.25, -0.2) is 10.0 Å². The molecule has 88 valence electrons. The summed E-state index contributed by atoms with van der Waals surface area (Å²) in [5.41, 5.74) is 0. The van der Waals surface area contributed by atoms with E-state index in [9.17, 15) is 0 Å². The SMILES string of the molecule is CNC1CCCN(N2CCN(C)CC2)C1. The molecule has 4 heteroatoms. The molecule has 2 heterocycles. The Bertz CT molecular complexity index is 189. The molecular formula is C11H24N4. The average Bonchev–Trinajstić information content (AvgIpc) is 2.30. The maximum atomic E-state index is 3.40. The van der Waals surface area contributed by atoms with E-state index in [1.54, 1.807) is 0 Å². The summed E-state index contributed by atoms with van der Waals surface area (Å²) in [6.07, 6.45) is 2.67. The largest absolute Gasteiger partial charge is 0.316 e. The highest BCUT2D eigenvalue weighted by atomic mass is 15.6. The maximum absolute atomic E-state index is 3.40. The van der Waals surface area contributed by atoms with Crippen molar-refractivity contribution in [2.24, 2.45) is 0 Å². The highest BCUT2D eigenvalue weighted by molar-refractivity contribution is 4.78. The second-order valence-electron chi connectivity index (χ2n) is 4.80. The van der Waals surface area contributed by atoms with Gasteiger partial charge in [-0.1, -0.05) is 0 Å². The molecule has 2 fully saturated rings. The highest BCUT2D eigenvalue weighted by Crippen LogP contribution is 2.13. The van der Waals surface area contributed by atoms with E-state index in [0.717, 1.165) is 0 Å². The number of nitrogens with one attached hydrogen (secondary N) is 1. The number of hydrogen-bond donors (Lipinski definition) is 1. The lowest BCUT2D eigenvalue weighted by Gasteiger charge is -2.43. The Morgan fingerprint density at radius 3 is 2.40 bits per heavy atom. The lowest BCUT2D eigenvalue weighted by Crippen LogP contribution is -2.57. The Labute approximate surface area is 93.2 Å². The molecule has 0 bridgehead atoms. The standard InChI is InChI=1S/C11H24N4/c1-12-11-4-3-5-15(10-11)14-8-6-13(2)7-9-14/h11-12H,3-10H2,1-2H3. The summed E-state index contributed by atoms with van der Waals surface area (Å²) in [4.78, 5) is 2.41. The van der Waals surface area contributed by atoms with Crippen LogP contribution in [0.2, 0.25) is 0 Å². The zero-order chi connectivity index (χ0) is 10.7. The molecule has 4 nitrogen and oxygen atoms in total. The van der Waals surface area contributed by atoms with Crippen LogP contribution in [0.5, 0.6) is 0 Å². The minimum atomic E-state index is 0.693. The Kier molecular flexibility index (Phi) is 3.97. The zero-order valence-corrected chi connectivity index (χ0v) is 10.1. The van der Waals surface area contributed by atoms with Crippen LogP contribution in [0.15, 0.2) is 0 Å². The molecule has 2 saturated heterocycles. The summed E-state index contributed by atoms with van der Waals surface area (Å²) in [6, 6.07) is 0.693. The van der Waals surface area contributed by atoms with Crippen LogP contribution in [0.25, 0.3) is 0 Å². The van der Waals surface area contributed by atoms with Gasteiger partial charge in [0.1, 0.15) is 0 Å². The molecule has 2 aliphatic heterocycles. The van der Waals surface area contributed by atoms with Crippen molar-refractivity contribution in [3.63, 3.8) is 0 Å². The summed E-state index contributed by atoms with van der Waals surface area (Å²) < 4.78 is 0. The van der Waals surface area contributed by atoms with Gasteiger partial charge in [0.05, 0.1) is 0 Å². The van der Waals surface area contributed by atoms with Gasteiger partial charge in [0, 0.05) is 45.3 Å². The first-order valence-corrected chi connectivity index (χ1v) is 6.15. The van der Waals surface area contributed by atoms with E-state index in [0.29, 0.717) is 6.04 Å². The van der Waals surface area contributed by atoms with E-state index >= 15 is 0 Å². The summed E-state index contributed by atoms with van der Waals surface area (Å²) in [5, 5.41) is 8.50. The topological polar surface area (TPSA) is 21.8 Å². The van der Waals surface area contributed by atoms with Crippen LogP contribution in [-0.4, -0.2) is 74.3 Å². The first-order valence-electron chi connectivity index (χ1n) is 6.15. The van der Waals surface area contributed by atoms with Gasteiger partial charge in [0.15, 0.2) is 0 Å². The van der Waals surface area contributed by atoms with Crippen molar-refractivity contribution < 1.29 is 0 Å². The second kappa shape index (κ2) is 5.25. The van der Waals surface area contributed by atoms with Crippen LogP contribution in [0.4, 0.5) is 0 Å². The fourth-order valence-electron chi connectivity index (χ4n) is 2.53. The molecule has 0 aromatic carbocycles. The maximum Gasteiger partial charge on any atom is 0.0287 e. The predicted octanol–water partition coefficient (Wildman–Crippen LogP) is -0.167. The van der Waals surface area contributed by atoms with Gasteiger partial charge in [-0.3, -0.25) is 0 Å². The zero-order valence-electron chi connectivity index (χ0n) is 10.1. The van der Waals surface area contributed by atoms with Gasteiger partial charge in [-0.05, 0) is 26.9 Å². The molecule has 2 aliphatic rings. The van der Waals surface area contributed by atoms with Crippen LogP contribution in [-0.2, 0) is 0 Å². The Hall–Kier alpha value is -0.160. The second-order valence-corrected chi connectivity index (χ2v) is 4.80. The van der Waals surface area contributed by atoms with E-state index in [1.807, 2.05) is 0 Å². The minimum Gasteiger partial charge on any atom is -0.316 e. The molecular weight excluding hydrogens is 188 g/mol. The van der Waals surface area contributed by atoms with Crippen LogP contribution in [0.1, 0.15) is 12.8 Å². The van der Waals surface area contributed by atoms with E-state index in [4.69, 9.17) is 0 Å². The smallest absolute Gasteiger partial charge is 0.0287 e. The van der Waals surface area contributed by atoms with Crippen LogP contribution >= 0.6 is 0 Å². The Morgan fingerprint density at radius 2 is 1.73 bits per heavy atom. The van der Waals surface area contributed by atoms with Crippen molar-refractivity contribution in [2.45, 2.75) is 18.9 Å².